The number of thioether (sulfide) groups is 1. The van der Waals surface area contributed by atoms with Crippen molar-refractivity contribution in [2.45, 2.75) is 24.6 Å². The second-order valence-corrected chi connectivity index (χ2v) is 4.22. The fraction of sp³-hybridized carbons (Fsp3) is 0.714. The van der Waals surface area contributed by atoms with Crippen molar-refractivity contribution < 1.29 is 9.53 Å². The number of nitrogens with zero attached hydrogens (tertiary/aromatic N) is 1. The number of ether oxygens (including phenoxy) is 1. The SMILES string of the molecule is CCC1SC(Cl)=NC1C(=O)OC. The number of esters is 1. The topological polar surface area (TPSA) is 38.7 Å². The molecule has 0 saturated heterocycles. The van der Waals surface area contributed by atoms with Gasteiger partial charge in [-0.05, 0) is 6.42 Å². The lowest BCUT2D eigenvalue weighted by molar-refractivity contribution is -0.141. The Kier molecular flexibility index (Phi) is 3.40. The molecule has 0 N–H and O–H groups in total. The number of carbonyl (C=O) groups excluding carboxylic acids is 1. The van der Waals surface area contributed by atoms with Crippen molar-refractivity contribution in [2.24, 2.45) is 4.99 Å². The van der Waals surface area contributed by atoms with Crippen LogP contribution in [-0.4, -0.2) is 28.9 Å². The van der Waals surface area contributed by atoms with Crippen LogP contribution in [0.1, 0.15) is 13.3 Å². The van der Waals surface area contributed by atoms with E-state index < -0.39 is 6.04 Å². The first-order valence-electron chi connectivity index (χ1n) is 3.66. The van der Waals surface area contributed by atoms with Gasteiger partial charge in [-0.1, -0.05) is 30.3 Å². The lowest BCUT2D eigenvalue weighted by atomic mass is 10.2. The van der Waals surface area contributed by atoms with Crippen LogP contribution in [0.5, 0.6) is 0 Å². The van der Waals surface area contributed by atoms with Crippen molar-refractivity contribution in [3.63, 3.8) is 0 Å². The van der Waals surface area contributed by atoms with Crippen LogP contribution < -0.4 is 0 Å². The van der Waals surface area contributed by atoms with Crippen LogP contribution in [0.2, 0.25) is 0 Å². The number of hydrogen-bond acceptors (Lipinski definition) is 4. The first-order valence-corrected chi connectivity index (χ1v) is 4.92. The molecule has 0 aromatic carbocycles. The fourth-order valence-corrected chi connectivity index (χ4v) is 2.38. The Labute approximate surface area is 80.5 Å². The smallest absolute Gasteiger partial charge is 0.331 e. The minimum Gasteiger partial charge on any atom is -0.467 e. The maximum atomic E-state index is 11.1. The molecule has 0 spiro atoms. The van der Waals surface area contributed by atoms with Gasteiger partial charge < -0.3 is 4.74 Å². The molecule has 0 amide bonds. The minimum atomic E-state index is -0.405. The second-order valence-electron chi connectivity index (χ2n) is 2.41. The van der Waals surface area contributed by atoms with Crippen LogP contribution in [0.4, 0.5) is 0 Å². The average molecular weight is 208 g/mol. The predicted molar refractivity (Wildman–Crippen MR) is 50.8 cm³/mol. The van der Waals surface area contributed by atoms with Crippen molar-refractivity contribution in [3.8, 4) is 0 Å². The van der Waals surface area contributed by atoms with Crippen LogP contribution in [0.3, 0.4) is 0 Å². The van der Waals surface area contributed by atoms with Crippen LogP contribution >= 0.6 is 23.4 Å². The maximum absolute atomic E-state index is 11.1. The Balaban J connectivity index is 2.67. The quantitative estimate of drug-likeness (QED) is 0.647. The Morgan fingerprint density at radius 2 is 2.50 bits per heavy atom. The molecule has 5 heteroatoms. The van der Waals surface area contributed by atoms with Gasteiger partial charge in [-0.15, -0.1) is 0 Å². The number of rotatable bonds is 2. The molecule has 0 bridgehead atoms. The van der Waals surface area contributed by atoms with E-state index in [4.69, 9.17) is 11.6 Å². The van der Waals surface area contributed by atoms with Gasteiger partial charge in [-0.3, -0.25) is 4.99 Å². The first kappa shape index (κ1) is 9.86. The van der Waals surface area contributed by atoms with Crippen molar-refractivity contribution >= 4 is 33.8 Å². The summed E-state index contributed by atoms with van der Waals surface area (Å²) in [5.41, 5.74) is 0. The minimum absolute atomic E-state index is 0.143. The molecule has 0 aliphatic carbocycles. The molecular weight excluding hydrogens is 198 g/mol. The largest absolute Gasteiger partial charge is 0.467 e. The molecule has 1 rings (SSSR count). The van der Waals surface area contributed by atoms with E-state index in [0.29, 0.717) is 4.50 Å². The van der Waals surface area contributed by atoms with Crippen LogP contribution in [0.25, 0.3) is 0 Å². The molecule has 0 aromatic heterocycles. The molecule has 68 valence electrons. The lowest BCUT2D eigenvalue weighted by Gasteiger charge is -2.11. The summed E-state index contributed by atoms with van der Waals surface area (Å²) in [6, 6.07) is -0.405. The van der Waals surface area contributed by atoms with Gasteiger partial charge >= 0.3 is 5.97 Å². The Morgan fingerprint density at radius 1 is 1.83 bits per heavy atom. The van der Waals surface area contributed by atoms with Crippen molar-refractivity contribution in [1.29, 1.82) is 0 Å². The average Bonchev–Trinajstić information content (AvgIpc) is 2.45. The fourth-order valence-electron chi connectivity index (χ4n) is 1.04. The van der Waals surface area contributed by atoms with E-state index in [2.05, 4.69) is 9.73 Å². The third-order valence-electron chi connectivity index (χ3n) is 1.69. The van der Waals surface area contributed by atoms with Gasteiger partial charge in [0.05, 0.1) is 7.11 Å². The van der Waals surface area contributed by atoms with E-state index in [1.807, 2.05) is 6.92 Å². The Morgan fingerprint density at radius 3 is 3.00 bits per heavy atom. The van der Waals surface area contributed by atoms with Crippen molar-refractivity contribution in [1.82, 2.24) is 0 Å². The monoisotopic (exact) mass is 207 g/mol. The zero-order valence-electron chi connectivity index (χ0n) is 6.91. The summed E-state index contributed by atoms with van der Waals surface area (Å²) in [7, 11) is 1.36. The van der Waals surface area contributed by atoms with Gasteiger partial charge in [0.2, 0.25) is 0 Å². The molecule has 12 heavy (non-hydrogen) atoms. The van der Waals surface area contributed by atoms with E-state index in [1.165, 1.54) is 18.9 Å². The van der Waals surface area contributed by atoms with Crippen molar-refractivity contribution in [2.75, 3.05) is 7.11 Å². The van der Waals surface area contributed by atoms with E-state index in [-0.39, 0.29) is 11.2 Å². The molecular formula is C7H10ClNO2S. The molecule has 3 nitrogen and oxygen atoms in total. The molecule has 1 aliphatic rings. The highest BCUT2D eigenvalue weighted by Gasteiger charge is 2.34. The van der Waals surface area contributed by atoms with Crippen LogP contribution in [0.15, 0.2) is 4.99 Å². The summed E-state index contributed by atoms with van der Waals surface area (Å²) in [6.45, 7) is 2.00. The van der Waals surface area contributed by atoms with Crippen LogP contribution in [-0.2, 0) is 9.53 Å². The second kappa shape index (κ2) is 4.14. The summed E-state index contributed by atoms with van der Waals surface area (Å²) < 4.78 is 5.05. The zero-order chi connectivity index (χ0) is 9.14. The molecule has 0 aromatic rings. The Bertz CT molecular complexity index is 219. The lowest BCUT2D eigenvalue weighted by Crippen LogP contribution is -2.27. The third kappa shape index (κ3) is 1.93. The number of aliphatic imine (C=N–C) groups is 1. The van der Waals surface area contributed by atoms with Gasteiger partial charge in [-0.25, -0.2) is 4.79 Å². The number of halogens is 1. The molecule has 1 heterocycles. The number of hydrogen-bond donors (Lipinski definition) is 0. The molecule has 2 atom stereocenters. The highest BCUT2D eigenvalue weighted by Crippen LogP contribution is 2.31. The standard InChI is InChI=1S/C7H10ClNO2S/c1-3-4-5(6(10)11-2)9-7(8)12-4/h4-5H,3H2,1-2H3. The van der Waals surface area contributed by atoms with Gasteiger partial charge in [-0.2, -0.15) is 0 Å². The maximum Gasteiger partial charge on any atom is 0.331 e. The highest BCUT2D eigenvalue weighted by molar-refractivity contribution is 8.17. The van der Waals surface area contributed by atoms with Gasteiger partial charge in [0.25, 0.3) is 0 Å². The van der Waals surface area contributed by atoms with Crippen LogP contribution in [0, 0.1) is 0 Å². The number of methoxy groups -OCH3 is 1. The highest BCUT2D eigenvalue weighted by atomic mass is 35.5. The normalized spacial score (nSPS) is 28.4. The summed E-state index contributed by atoms with van der Waals surface area (Å²) in [6.07, 6.45) is 0.865. The van der Waals surface area contributed by atoms with Gasteiger partial charge in [0.15, 0.2) is 10.5 Å². The predicted octanol–water partition coefficient (Wildman–Crippen LogP) is 1.65. The molecule has 0 saturated carbocycles. The van der Waals surface area contributed by atoms with E-state index in [0.717, 1.165) is 6.42 Å². The van der Waals surface area contributed by atoms with Gasteiger partial charge in [0.1, 0.15) is 0 Å². The number of carbonyl (C=O) groups is 1. The summed E-state index contributed by atoms with van der Waals surface area (Å²) in [5, 5.41) is 0.143. The molecule has 2 unspecified atom stereocenters. The zero-order valence-corrected chi connectivity index (χ0v) is 8.48. The third-order valence-corrected chi connectivity index (χ3v) is 3.25. The van der Waals surface area contributed by atoms with Crippen molar-refractivity contribution in [3.05, 3.63) is 0 Å². The van der Waals surface area contributed by atoms with Gasteiger partial charge in [0, 0.05) is 5.25 Å². The summed E-state index contributed by atoms with van der Waals surface area (Å²) in [4.78, 5) is 15.1. The van der Waals surface area contributed by atoms with E-state index >= 15 is 0 Å². The van der Waals surface area contributed by atoms with E-state index in [9.17, 15) is 4.79 Å². The van der Waals surface area contributed by atoms with E-state index in [1.54, 1.807) is 0 Å². The Hall–Kier alpha value is -0.220. The molecule has 1 aliphatic heterocycles. The summed E-state index contributed by atoms with van der Waals surface area (Å²) in [5.74, 6) is -0.301. The molecule has 0 radical (unpaired) electrons. The summed E-state index contributed by atoms with van der Waals surface area (Å²) >= 11 is 7.12. The molecule has 0 fully saturated rings. The first-order chi connectivity index (χ1) is 5.69.